The van der Waals surface area contributed by atoms with E-state index in [4.69, 9.17) is 4.74 Å². The maximum atomic E-state index is 12.5. The Hall–Kier alpha value is -1.21. The van der Waals surface area contributed by atoms with Gasteiger partial charge in [-0.2, -0.15) is 13.2 Å². The topological polar surface area (TPSA) is 35.5 Å². The molecule has 1 fully saturated rings. The van der Waals surface area contributed by atoms with Crippen LogP contribution >= 0.6 is 11.8 Å². The van der Waals surface area contributed by atoms with E-state index in [1.807, 2.05) is 6.92 Å². The largest absolute Gasteiger partial charge is 0.490 e. The number of benzene rings is 1. The van der Waals surface area contributed by atoms with Gasteiger partial charge in [0, 0.05) is 11.5 Å². The van der Waals surface area contributed by atoms with Gasteiger partial charge in [-0.1, -0.05) is 36.9 Å². The Kier molecular flexibility index (Phi) is 5.74. The van der Waals surface area contributed by atoms with E-state index >= 15 is 0 Å². The van der Waals surface area contributed by atoms with Crippen molar-refractivity contribution in [3.05, 3.63) is 30.3 Å². The van der Waals surface area contributed by atoms with Gasteiger partial charge >= 0.3 is 12.1 Å². The van der Waals surface area contributed by atoms with Crippen molar-refractivity contribution in [2.24, 2.45) is 5.92 Å². The molecule has 3 atom stereocenters. The molecule has 1 aromatic carbocycles. The minimum absolute atomic E-state index is 0.321. The maximum Gasteiger partial charge on any atom is 0.490 e. The summed E-state index contributed by atoms with van der Waals surface area (Å²) in [6.07, 6.45) is -4.13. The third kappa shape index (κ3) is 4.91. The highest BCUT2D eigenvalue weighted by atomic mass is 32.2. The molecular weight excluding hydrogens is 317 g/mol. The predicted octanol–water partition coefficient (Wildman–Crippen LogP) is 4.03. The van der Waals surface area contributed by atoms with Crippen molar-refractivity contribution in [1.29, 1.82) is 0 Å². The van der Waals surface area contributed by atoms with Gasteiger partial charge in [0.15, 0.2) is 5.44 Å². The van der Waals surface area contributed by atoms with Gasteiger partial charge in [0.2, 0.25) is 0 Å². The molecule has 0 saturated carbocycles. The van der Waals surface area contributed by atoms with E-state index in [0.717, 1.165) is 23.1 Å². The smallest absolute Gasteiger partial charge is 0.441 e. The van der Waals surface area contributed by atoms with Gasteiger partial charge in [0.05, 0.1) is 0 Å². The minimum Gasteiger partial charge on any atom is -0.441 e. The zero-order valence-corrected chi connectivity index (χ0v) is 12.8. The van der Waals surface area contributed by atoms with Crippen LogP contribution in [0.2, 0.25) is 0 Å². The fourth-order valence-electron chi connectivity index (χ4n) is 2.17. The van der Waals surface area contributed by atoms with Crippen LogP contribution in [0.4, 0.5) is 13.2 Å². The van der Waals surface area contributed by atoms with Crippen LogP contribution in [-0.2, 0) is 14.3 Å². The Bertz CT molecular complexity index is 493. The van der Waals surface area contributed by atoms with Crippen LogP contribution in [0, 0.1) is 5.92 Å². The van der Waals surface area contributed by atoms with Crippen molar-refractivity contribution in [2.45, 2.75) is 42.4 Å². The lowest BCUT2D eigenvalue weighted by Gasteiger charge is -2.32. The van der Waals surface area contributed by atoms with Crippen LogP contribution in [0.1, 0.15) is 19.8 Å². The van der Waals surface area contributed by atoms with E-state index < -0.39 is 23.7 Å². The minimum atomic E-state index is -5.00. The first kappa shape index (κ1) is 17.1. The summed E-state index contributed by atoms with van der Waals surface area (Å²) in [6, 6.07) is 8.86. The fraction of sp³-hybridized carbons (Fsp3) is 0.533. The Balaban J connectivity index is 2.11. The van der Waals surface area contributed by atoms with Crippen LogP contribution in [0.15, 0.2) is 35.2 Å². The number of carbonyl (C=O) groups excluding carboxylic acids is 1. The normalized spacial score (nSPS) is 23.8. The highest BCUT2D eigenvalue weighted by Crippen LogP contribution is 2.34. The molecule has 0 bridgehead atoms. The van der Waals surface area contributed by atoms with Gasteiger partial charge in [-0.05, 0) is 30.9 Å². The molecule has 22 heavy (non-hydrogen) atoms. The van der Waals surface area contributed by atoms with Gasteiger partial charge in [-0.3, -0.25) is 0 Å². The number of carbonyl (C=O) groups is 1. The number of hydrogen-bond acceptors (Lipinski definition) is 4. The summed E-state index contributed by atoms with van der Waals surface area (Å²) in [5.74, 6) is -1.86. The first-order valence-corrected chi connectivity index (χ1v) is 7.85. The van der Waals surface area contributed by atoms with E-state index in [0.29, 0.717) is 18.9 Å². The molecule has 1 unspecified atom stereocenters. The van der Waals surface area contributed by atoms with Crippen LogP contribution in [0.5, 0.6) is 0 Å². The highest BCUT2D eigenvalue weighted by Gasteiger charge is 2.44. The summed E-state index contributed by atoms with van der Waals surface area (Å²) in [7, 11) is 0. The van der Waals surface area contributed by atoms with Crippen molar-refractivity contribution in [3.63, 3.8) is 0 Å². The molecule has 1 aliphatic heterocycles. The number of alkyl halides is 3. The summed E-state index contributed by atoms with van der Waals surface area (Å²) in [5.41, 5.74) is -1.01. The molecule has 2 rings (SSSR count). The average Bonchev–Trinajstić information content (AvgIpc) is 2.46. The highest BCUT2D eigenvalue weighted by molar-refractivity contribution is 7.99. The standard InChI is InChI=1S/C15H17F3O3S/c1-10-7-8-20-12(9-10)13(21-14(19)15(16,17)18)22-11-5-3-2-4-6-11/h2-6,10,12-13H,7-9H2,1H3/t10-,12+,13?/m0/s1. The summed E-state index contributed by atoms with van der Waals surface area (Å²) < 4.78 is 47.6. The van der Waals surface area contributed by atoms with Crippen molar-refractivity contribution in [1.82, 2.24) is 0 Å². The summed E-state index contributed by atoms with van der Waals surface area (Å²) in [6.45, 7) is 2.46. The molecule has 3 nitrogen and oxygen atoms in total. The van der Waals surface area contributed by atoms with E-state index in [1.165, 1.54) is 0 Å². The SMILES string of the molecule is C[C@H]1CCO[C@@H](C(OC(=O)C(F)(F)F)Sc2ccccc2)C1. The molecule has 0 aromatic heterocycles. The third-order valence-electron chi connectivity index (χ3n) is 3.33. The van der Waals surface area contributed by atoms with Crippen molar-refractivity contribution < 1.29 is 27.4 Å². The van der Waals surface area contributed by atoms with E-state index in [1.54, 1.807) is 30.3 Å². The van der Waals surface area contributed by atoms with Crippen molar-refractivity contribution in [3.8, 4) is 0 Å². The van der Waals surface area contributed by atoms with E-state index in [-0.39, 0.29) is 0 Å². The van der Waals surface area contributed by atoms with E-state index in [9.17, 15) is 18.0 Å². The van der Waals surface area contributed by atoms with Crippen LogP contribution in [0.25, 0.3) is 0 Å². The van der Waals surface area contributed by atoms with Gasteiger partial charge in [0.25, 0.3) is 0 Å². The number of thioether (sulfide) groups is 1. The fourth-order valence-corrected chi connectivity index (χ4v) is 3.23. The molecule has 7 heteroatoms. The number of hydrogen-bond donors (Lipinski definition) is 0. The lowest BCUT2D eigenvalue weighted by Crippen LogP contribution is -2.39. The van der Waals surface area contributed by atoms with Crippen molar-refractivity contribution in [2.75, 3.05) is 6.61 Å². The van der Waals surface area contributed by atoms with Gasteiger partial charge in [-0.25, -0.2) is 4.79 Å². The Labute approximate surface area is 131 Å². The molecular formula is C15H17F3O3S. The van der Waals surface area contributed by atoms with Crippen LogP contribution in [-0.4, -0.2) is 30.3 Å². The third-order valence-corrected chi connectivity index (χ3v) is 4.51. The Morgan fingerprint density at radius 1 is 1.36 bits per heavy atom. The monoisotopic (exact) mass is 334 g/mol. The quantitative estimate of drug-likeness (QED) is 0.473. The molecule has 0 N–H and O–H groups in total. The van der Waals surface area contributed by atoms with Crippen molar-refractivity contribution >= 4 is 17.7 Å². The second-order valence-corrected chi connectivity index (χ2v) is 6.41. The molecule has 1 heterocycles. The Morgan fingerprint density at radius 3 is 2.64 bits per heavy atom. The summed E-state index contributed by atoms with van der Waals surface area (Å²) in [5, 5.41) is 0. The second-order valence-electron chi connectivity index (χ2n) is 5.24. The summed E-state index contributed by atoms with van der Waals surface area (Å²) in [4.78, 5) is 11.9. The number of rotatable bonds is 4. The second kappa shape index (κ2) is 7.37. The first-order valence-electron chi connectivity index (χ1n) is 6.97. The zero-order valence-electron chi connectivity index (χ0n) is 12.0. The maximum absolute atomic E-state index is 12.5. The zero-order chi connectivity index (χ0) is 16.2. The predicted molar refractivity (Wildman–Crippen MR) is 76.4 cm³/mol. The van der Waals surface area contributed by atoms with Crippen LogP contribution < -0.4 is 0 Å². The molecule has 1 saturated heterocycles. The molecule has 0 aliphatic carbocycles. The lowest BCUT2D eigenvalue weighted by molar-refractivity contribution is -0.206. The number of esters is 1. The number of ether oxygens (including phenoxy) is 2. The molecule has 1 aliphatic rings. The molecule has 0 amide bonds. The first-order chi connectivity index (χ1) is 10.4. The summed E-state index contributed by atoms with van der Waals surface area (Å²) >= 11 is 1.07. The lowest BCUT2D eigenvalue weighted by atomic mass is 9.98. The number of halogens is 3. The van der Waals surface area contributed by atoms with Crippen LogP contribution in [0.3, 0.4) is 0 Å². The van der Waals surface area contributed by atoms with E-state index in [2.05, 4.69) is 4.74 Å². The molecule has 122 valence electrons. The molecule has 0 radical (unpaired) electrons. The van der Waals surface area contributed by atoms with Gasteiger partial charge in [-0.15, -0.1) is 0 Å². The average molecular weight is 334 g/mol. The van der Waals surface area contributed by atoms with Gasteiger partial charge in [0.1, 0.15) is 6.10 Å². The van der Waals surface area contributed by atoms with Gasteiger partial charge < -0.3 is 9.47 Å². The Morgan fingerprint density at radius 2 is 2.05 bits per heavy atom. The molecule has 0 spiro atoms. The molecule has 1 aromatic rings.